The van der Waals surface area contributed by atoms with Crippen molar-refractivity contribution >= 4 is 28.5 Å². The van der Waals surface area contributed by atoms with E-state index in [1.54, 1.807) is 6.92 Å². The van der Waals surface area contributed by atoms with E-state index in [9.17, 15) is 26.3 Å². The van der Waals surface area contributed by atoms with Crippen molar-refractivity contribution in [2.24, 2.45) is 0 Å². The van der Waals surface area contributed by atoms with Crippen LogP contribution in [0.2, 0.25) is 5.02 Å². The second kappa shape index (κ2) is 6.55. The lowest BCUT2D eigenvalue weighted by Gasteiger charge is -2.11. The molecular formula is C15H12ClF6N5. The fraction of sp³-hybridized carbons (Fsp3) is 0.267. The molecule has 0 fully saturated rings. The first-order chi connectivity index (χ1) is 11.9. The number of anilines is 1. The molecule has 1 aromatic carbocycles. The molecule has 0 saturated carbocycles. The minimum Gasteiger partial charge on any atom is -0.383 e. The number of nitrogen functional groups attached to an aromatic ring is 1. The molecule has 27 heavy (non-hydrogen) atoms. The smallest absolute Gasteiger partial charge is 0.383 e. The highest BCUT2D eigenvalue weighted by Gasteiger charge is 2.43. The van der Waals surface area contributed by atoms with Crippen LogP contribution in [-0.2, 0) is 12.4 Å². The maximum atomic E-state index is 13.2. The predicted octanol–water partition coefficient (Wildman–Crippen LogP) is 5.03. The Hall–Kier alpha value is -2.56. The summed E-state index contributed by atoms with van der Waals surface area (Å²) in [6.07, 6.45) is -10.4. The first-order valence-electron chi connectivity index (χ1n) is 6.86. The standard InChI is InChI=1S/C14H8ClF6N5.CH4/c1-5-4-6(15)2-3-7(5)26-10(22)8-9(13(16,17)18)23-12(14(19,20)21)24-11(8)25-26;/h2-4H,22H2,1H3;1H4. The van der Waals surface area contributed by atoms with Crippen molar-refractivity contribution in [3.05, 3.63) is 40.3 Å². The van der Waals surface area contributed by atoms with Crippen molar-refractivity contribution < 1.29 is 26.3 Å². The van der Waals surface area contributed by atoms with Crippen LogP contribution in [0.3, 0.4) is 0 Å². The van der Waals surface area contributed by atoms with E-state index in [2.05, 4.69) is 15.1 Å². The molecule has 0 spiro atoms. The molecule has 12 heteroatoms. The molecule has 0 unspecified atom stereocenters. The zero-order valence-electron chi connectivity index (χ0n) is 12.7. The summed E-state index contributed by atoms with van der Waals surface area (Å²) in [7, 11) is 0. The first kappa shape index (κ1) is 20.7. The Kier molecular flexibility index (Phi) is 5.04. The van der Waals surface area contributed by atoms with Crippen LogP contribution in [0.1, 0.15) is 24.5 Å². The van der Waals surface area contributed by atoms with Gasteiger partial charge >= 0.3 is 12.4 Å². The number of aromatic nitrogens is 4. The van der Waals surface area contributed by atoms with Gasteiger partial charge in [0.15, 0.2) is 11.3 Å². The molecule has 2 N–H and O–H groups in total. The molecule has 3 rings (SSSR count). The summed E-state index contributed by atoms with van der Waals surface area (Å²) in [5.41, 5.74) is 3.86. The molecule has 0 aliphatic heterocycles. The number of halogens is 7. The van der Waals surface area contributed by atoms with Crippen LogP contribution in [0, 0.1) is 6.92 Å². The highest BCUT2D eigenvalue weighted by atomic mass is 35.5. The number of rotatable bonds is 1. The van der Waals surface area contributed by atoms with Crippen LogP contribution in [-0.4, -0.2) is 19.7 Å². The van der Waals surface area contributed by atoms with Gasteiger partial charge in [0.25, 0.3) is 0 Å². The minimum absolute atomic E-state index is 0. The Morgan fingerprint density at radius 2 is 1.67 bits per heavy atom. The second-order valence-corrected chi connectivity index (χ2v) is 5.75. The molecule has 0 aliphatic rings. The third kappa shape index (κ3) is 3.64. The number of hydrogen-bond donors (Lipinski definition) is 1. The maximum absolute atomic E-state index is 13.2. The van der Waals surface area contributed by atoms with Crippen molar-refractivity contribution in [1.82, 2.24) is 19.7 Å². The highest BCUT2D eigenvalue weighted by Crippen LogP contribution is 2.38. The number of nitrogens with zero attached hydrogens (tertiary/aromatic N) is 4. The third-order valence-corrected chi connectivity index (χ3v) is 3.71. The molecule has 0 bridgehead atoms. The molecule has 2 heterocycles. The Morgan fingerprint density at radius 1 is 1.04 bits per heavy atom. The molecule has 146 valence electrons. The molecule has 0 radical (unpaired) electrons. The van der Waals surface area contributed by atoms with Gasteiger partial charge in [-0.15, -0.1) is 5.10 Å². The van der Waals surface area contributed by atoms with Gasteiger partial charge in [0.1, 0.15) is 5.82 Å². The van der Waals surface area contributed by atoms with Crippen molar-refractivity contribution in [2.75, 3.05) is 5.73 Å². The van der Waals surface area contributed by atoms with Gasteiger partial charge in [-0.1, -0.05) is 19.0 Å². The number of aryl methyl sites for hydroxylation is 1. The third-order valence-electron chi connectivity index (χ3n) is 3.48. The van der Waals surface area contributed by atoms with E-state index in [0.29, 0.717) is 10.6 Å². The van der Waals surface area contributed by atoms with Gasteiger partial charge < -0.3 is 5.73 Å². The molecule has 0 aliphatic carbocycles. The van der Waals surface area contributed by atoms with Gasteiger partial charge in [-0.05, 0) is 30.7 Å². The summed E-state index contributed by atoms with van der Waals surface area (Å²) in [5.74, 6) is -2.48. The van der Waals surface area contributed by atoms with E-state index < -0.39 is 40.7 Å². The Bertz CT molecular complexity index is 1010. The minimum atomic E-state index is -5.18. The van der Waals surface area contributed by atoms with Gasteiger partial charge in [-0.2, -0.15) is 26.3 Å². The fourth-order valence-corrected chi connectivity index (χ4v) is 2.61. The Balaban J connectivity index is 0.00000261. The van der Waals surface area contributed by atoms with Crippen molar-refractivity contribution in [3.8, 4) is 5.69 Å². The van der Waals surface area contributed by atoms with E-state index in [1.165, 1.54) is 18.2 Å². The van der Waals surface area contributed by atoms with Gasteiger partial charge in [-0.3, -0.25) is 0 Å². The summed E-state index contributed by atoms with van der Waals surface area (Å²) >= 11 is 5.82. The quantitative estimate of drug-likeness (QED) is 0.570. The van der Waals surface area contributed by atoms with E-state index in [4.69, 9.17) is 17.3 Å². The van der Waals surface area contributed by atoms with Crippen molar-refractivity contribution in [1.29, 1.82) is 0 Å². The lowest BCUT2D eigenvalue weighted by Crippen LogP contribution is -2.17. The summed E-state index contributed by atoms with van der Waals surface area (Å²) in [6.45, 7) is 1.59. The van der Waals surface area contributed by atoms with Crippen LogP contribution in [0.4, 0.5) is 32.2 Å². The van der Waals surface area contributed by atoms with E-state index in [-0.39, 0.29) is 13.1 Å². The lowest BCUT2D eigenvalue weighted by molar-refractivity contribution is -0.151. The number of hydrogen-bond acceptors (Lipinski definition) is 4. The summed E-state index contributed by atoms with van der Waals surface area (Å²) < 4.78 is 79.2. The number of benzene rings is 1. The maximum Gasteiger partial charge on any atom is 0.451 e. The average molecular weight is 412 g/mol. The van der Waals surface area contributed by atoms with Gasteiger partial charge in [0, 0.05) is 5.02 Å². The summed E-state index contributed by atoms with van der Waals surface area (Å²) in [6, 6.07) is 4.36. The van der Waals surface area contributed by atoms with Crippen LogP contribution >= 0.6 is 11.6 Å². The SMILES string of the molecule is C.Cc1cc(Cl)ccc1-n1nc2nc(C(F)(F)F)nc(C(F)(F)F)c2c1N. The fourth-order valence-electron chi connectivity index (χ4n) is 2.38. The molecule has 3 aromatic rings. The van der Waals surface area contributed by atoms with E-state index in [0.717, 1.165) is 4.68 Å². The van der Waals surface area contributed by atoms with E-state index >= 15 is 0 Å². The second-order valence-electron chi connectivity index (χ2n) is 5.32. The molecule has 0 saturated heterocycles. The molecular weight excluding hydrogens is 400 g/mol. The van der Waals surface area contributed by atoms with Crippen LogP contribution < -0.4 is 5.73 Å². The number of alkyl halides is 6. The van der Waals surface area contributed by atoms with Crippen molar-refractivity contribution in [3.63, 3.8) is 0 Å². The van der Waals surface area contributed by atoms with Crippen LogP contribution in [0.5, 0.6) is 0 Å². The van der Waals surface area contributed by atoms with Gasteiger partial charge in [-0.25, -0.2) is 14.6 Å². The van der Waals surface area contributed by atoms with Crippen LogP contribution in [0.25, 0.3) is 16.7 Å². The Labute approximate surface area is 153 Å². The summed E-state index contributed by atoms with van der Waals surface area (Å²) in [4.78, 5) is 5.73. The average Bonchev–Trinajstić information content (AvgIpc) is 2.81. The largest absolute Gasteiger partial charge is 0.451 e. The monoisotopic (exact) mass is 411 g/mol. The molecule has 5 nitrogen and oxygen atoms in total. The first-order valence-corrected chi connectivity index (χ1v) is 7.24. The van der Waals surface area contributed by atoms with Gasteiger partial charge in [0.2, 0.25) is 5.82 Å². The number of nitrogens with two attached hydrogens (primary N) is 1. The number of fused-ring (bicyclic) bond motifs is 1. The summed E-state index contributed by atoms with van der Waals surface area (Å²) in [5, 5.41) is 3.27. The topological polar surface area (TPSA) is 69.6 Å². The molecule has 2 aromatic heterocycles. The zero-order valence-corrected chi connectivity index (χ0v) is 13.5. The van der Waals surface area contributed by atoms with E-state index in [1.807, 2.05) is 0 Å². The predicted molar refractivity (Wildman–Crippen MR) is 87.6 cm³/mol. The Morgan fingerprint density at radius 3 is 2.19 bits per heavy atom. The highest BCUT2D eigenvalue weighted by molar-refractivity contribution is 6.30. The molecule has 0 amide bonds. The van der Waals surface area contributed by atoms with Gasteiger partial charge in [0.05, 0.1) is 11.1 Å². The van der Waals surface area contributed by atoms with Crippen molar-refractivity contribution in [2.45, 2.75) is 26.7 Å². The van der Waals surface area contributed by atoms with Crippen LogP contribution in [0.15, 0.2) is 18.2 Å². The normalized spacial score (nSPS) is 12.3. The zero-order chi connectivity index (χ0) is 19.4. The lowest BCUT2D eigenvalue weighted by atomic mass is 10.2. The molecule has 0 atom stereocenters.